The number of halogens is 2. The minimum Gasteiger partial charge on any atom is -0.377 e. The summed E-state index contributed by atoms with van der Waals surface area (Å²) in [6, 6.07) is 0. The Bertz CT molecular complexity index is 235. The van der Waals surface area contributed by atoms with Gasteiger partial charge < -0.3 is 4.74 Å². The van der Waals surface area contributed by atoms with E-state index >= 15 is 0 Å². The van der Waals surface area contributed by atoms with Gasteiger partial charge in [0.25, 0.3) is 0 Å². The van der Waals surface area contributed by atoms with Crippen molar-refractivity contribution in [2.45, 2.75) is 44.8 Å². The maximum atomic E-state index is 12.6. The number of ether oxygens (including phenoxy) is 1. The summed E-state index contributed by atoms with van der Waals surface area (Å²) in [4.78, 5) is 2.17. The number of rotatable bonds is 4. The number of hydrogen-bond donors (Lipinski definition) is 0. The van der Waals surface area contributed by atoms with Crippen molar-refractivity contribution in [3.8, 4) is 0 Å². The van der Waals surface area contributed by atoms with Crippen LogP contribution in [-0.4, -0.2) is 42.7 Å². The Morgan fingerprint density at radius 2 is 2.20 bits per heavy atom. The van der Waals surface area contributed by atoms with E-state index in [1.807, 2.05) is 13.8 Å². The molecule has 0 unspecified atom stereocenters. The van der Waals surface area contributed by atoms with Crippen molar-refractivity contribution in [2.75, 3.05) is 19.7 Å². The summed E-state index contributed by atoms with van der Waals surface area (Å²) in [5.41, 5.74) is -0.0502. The highest BCUT2D eigenvalue weighted by Gasteiger charge is 2.53. The van der Waals surface area contributed by atoms with Crippen LogP contribution < -0.4 is 0 Å². The maximum Gasteiger partial charge on any atom is 0.242 e. The smallest absolute Gasteiger partial charge is 0.242 e. The van der Waals surface area contributed by atoms with Gasteiger partial charge in [-0.05, 0) is 26.7 Å². The van der Waals surface area contributed by atoms with Crippen LogP contribution in [-0.2, 0) is 4.74 Å². The molecule has 2 nitrogen and oxygen atoms in total. The van der Waals surface area contributed by atoms with Crippen LogP contribution in [0, 0.1) is 5.92 Å². The fourth-order valence-electron chi connectivity index (χ4n) is 2.65. The Hall–Kier alpha value is -0.220. The lowest BCUT2D eigenvalue weighted by Gasteiger charge is -2.48. The molecule has 0 aliphatic carbocycles. The minimum absolute atomic E-state index is 0.0502. The molecule has 2 rings (SSSR count). The van der Waals surface area contributed by atoms with Gasteiger partial charge in [0.1, 0.15) is 0 Å². The zero-order chi connectivity index (χ0) is 11.1. The van der Waals surface area contributed by atoms with Crippen LogP contribution in [0.5, 0.6) is 0 Å². The Kier molecular flexibility index (Phi) is 2.99. The molecule has 0 saturated carbocycles. The second kappa shape index (κ2) is 3.98. The molecule has 0 bridgehead atoms. The van der Waals surface area contributed by atoms with E-state index in [4.69, 9.17) is 4.74 Å². The summed E-state index contributed by atoms with van der Waals surface area (Å²) in [6.07, 6.45) is -0.362. The average molecular weight is 219 g/mol. The third-order valence-electron chi connectivity index (χ3n) is 3.66. The van der Waals surface area contributed by atoms with E-state index in [1.54, 1.807) is 0 Å². The van der Waals surface area contributed by atoms with Crippen molar-refractivity contribution in [1.82, 2.24) is 4.90 Å². The average Bonchev–Trinajstić information content (AvgIpc) is 2.37. The van der Waals surface area contributed by atoms with Gasteiger partial charge in [-0.3, -0.25) is 4.90 Å². The van der Waals surface area contributed by atoms with Gasteiger partial charge in [0, 0.05) is 24.5 Å². The second-order valence-corrected chi connectivity index (χ2v) is 5.08. The summed E-state index contributed by atoms with van der Waals surface area (Å²) in [5.74, 6) is -0.441. The van der Waals surface area contributed by atoms with E-state index < -0.39 is 12.3 Å². The van der Waals surface area contributed by atoms with Gasteiger partial charge in [0.05, 0.1) is 12.7 Å². The van der Waals surface area contributed by atoms with Crippen LogP contribution in [0.3, 0.4) is 0 Å². The highest BCUT2D eigenvalue weighted by molar-refractivity contribution is 5.07. The molecule has 2 fully saturated rings. The monoisotopic (exact) mass is 219 g/mol. The minimum atomic E-state index is -2.17. The van der Waals surface area contributed by atoms with Crippen molar-refractivity contribution in [3.63, 3.8) is 0 Å². The number of hydrogen-bond acceptors (Lipinski definition) is 2. The molecule has 0 aromatic heterocycles. The van der Waals surface area contributed by atoms with Gasteiger partial charge in [0.15, 0.2) is 0 Å². The molecule has 2 aliphatic heterocycles. The predicted molar refractivity (Wildman–Crippen MR) is 54.1 cm³/mol. The van der Waals surface area contributed by atoms with Crippen LogP contribution in [0.1, 0.15) is 26.7 Å². The van der Waals surface area contributed by atoms with Crippen LogP contribution in [0.4, 0.5) is 8.78 Å². The van der Waals surface area contributed by atoms with Crippen LogP contribution >= 0.6 is 0 Å². The lowest BCUT2D eigenvalue weighted by Crippen LogP contribution is -2.58. The summed E-state index contributed by atoms with van der Waals surface area (Å²) in [7, 11) is 0. The zero-order valence-electron chi connectivity index (χ0n) is 9.38. The van der Waals surface area contributed by atoms with Crippen molar-refractivity contribution >= 4 is 0 Å². The Morgan fingerprint density at radius 3 is 2.67 bits per heavy atom. The molecule has 0 N–H and O–H groups in total. The molecule has 0 aromatic rings. The lowest BCUT2D eigenvalue weighted by atomic mass is 9.84. The van der Waals surface area contributed by atoms with E-state index in [2.05, 4.69) is 4.90 Å². The summed E-state index contributed by atoms with van der Waals surface area (Å²) in [6.45, 7) is 6.11. The van der Waals surface area contributed by atoms with Gasteiger partial charge >= 0.3 is 0 Å². The number of fused-ring (bicyclic) bond motifs is 1. The standard InChI is InChI=1S/C11H19F2NO/c1-8(2)15-7-11-3-4-14(11)6-9(5-11)10(12)13/h8-10H,3-7H2,1-2H3/t9-,11+/m1/s1. The third kappa shape index (κ3) is 2.02. The summed E-state index contributed by atoms with van der Waals surface area (Å²) in [5, 5.41) is 0. The Labute approximate surface area is 89.6 Å². The van der Waals surface area contributed by atoms with Gasteiger partial charge in [0.2, 0.25) is 6.43 Å². The lowest BCUT2D eigenvalue weighted by molar-refractivity contribution is -0.0648. The van der Waals surface area contributed by atoms with Crippen molar-refractivity contribution in [3.05, 3.63) is 0 Å². The first-order chi connectivity index (χ1) is 7.03. The largest absolute Gasteiger partial charge is 0.377 e. The van der Waals surface area contributed by atoms with Crippen LogP contribution in [0.25, 0.3) is 0 Å². The maximum absolute atomic E-state index is 12.6. The summed E-state index contributed by atoms with van der Waals surface area (Å²) < 4.78 is 30.8. The summed E-state index contributed by atoms with van der Waals surface area (Å²) >= 11 is 0. The van der Waals surface area contributed by atoms with Crippen molar-refractivity contribution < 1.29 is 13.5 Å². The zero-order valence-corrected chi connectivity index (χ0v) is 9.38. The highest BCUT2D eigenvalue weighted by Crippen LogP contribution is 2.45. The molecular weight excluding hydrogens is 200 g/mol. The molecule has 2 atom stereocenters. The Balaban J connectivity index is 1.92. The van der Waals surface area contributed by atoms with E-state index in [0.29, 0.717) is 19.6 Å². The molecule has 2 saturated heterocycles. The van der Waals surface area contributed by atoms with E-state index in [-0.39, 0.29) is 11.6 Å². The Morgan fingerprint density at radius 1 is 1.47 bits per heavy atom. The van der Waals surface area contributed by atoms with E-state index in [1.165, 1.54) is 0 Å². The van der Waals surface area contributed by atoms with E-state index in [0.717, 1.165) is 13.0 Å². The molecule has 4 heteroatoms. The highest BCUT2D eigenvalue weighted by atomic mass is 19.3. The number of nitrogens with zero attached hydrogens (tertiary/aromatic N) is 1. The third-order valence-corrected chi connectivity index (χ3v) is 3.66. The quantitative estimate of drug-likeness (QED) is 0.718. The SMILES string of the molecule is CC(C)OC[C@@]12CCN1C[C@H](C(F)F)C2. The molecule has 0 radical (unpaired) electrons. The molecule has 0 spiro atoms. The first kappa shape index (κ1) is 11.3. The van der Waals surface area contributed by atoms with Gasteiger partial charge in [-0.2, -0.15) is 0 Å². The van der Waals surface area contributed by atoms with Crippen LogP contribution in [0.15, 0.2) is 0 Å². The molecule has 0 amide bonds. The molecule has 0 aromatic carbocycles. The fourth-order valence-corrected chi connectivity index (χ4v) is 2.65. The topological polar surface area (TPSA) is 12.5 Å². The van der Waals surface area contributed by atoms with E-state index in [9.17, 15) is 8.78 Å². The first-order valence-electron chi connectivity index (χ1n) is 5.68. The molecule has 2 aliphatic rings. The molecular formula is C11H19F2NO. The first-order valence-corrected chi connectivity index (χ1v) is 5.68. The van der Waals surface area contributed by atoms with Gasteiger partial charge in [-0.1, -0.05) is 0 Å². The molecule has 15 heavy (non-hydrogen) atoms. The van der Waals surface area contributed by atoms with Gasteiger partial charge in [-0.25, -0.2) is 8.78 Å². The number of alkyl halides is 2. The van der Waals surface area contributed by atoms with Crippen molar-refractivity contribution in [2.24, 2.45) is 5.92 Å². The molecule has 2 heterocycles. The molecule has 88 valence electrons. The van der Waals surface area contributed by atoms with Gasteiger partial charge in [-0.15, -0.1) is 0 Å². The normalized spacial score (nSPS) is 36.0. The van der Waals surface area contributed by atoms with Crippen LogP contribution in [0.2, 0.25) is 0 Å². The predicted octanol–water partition coefficient (Wildman–Crippen LogP) is 2.14. The second-order valence-electron chi connectivity index (χ2n) is 5.08. The van der Waals surface area contributed by atoms with Crippen molar-refractivity contribution in [1.29, 1.82) is 0 Å². The fraction of sp³-hybridized carbons (Fsp3) is 1.00.